The normalized spacial score (nSPS) is 30.5. The molecule has 1 saturated heterocycles. The number of halogens is 3. The van der Waals surface area contributed by atoms with E-state index in [1.807, 2.05) is 0 Å². The van der Waals surface area contributed by atoms with E-state index in [0.717, 1.165) is 0 Å². The molecule has 2 unspecified atom stereocenters. The average molecular weight is 374 g/mol. The number of aromatic nitrogens is 1. The maximum absolute atomic E-state index is 13.7. The number of alkyl halides is 3. The van der Waals surface area contributed by atoms with Crippen molar-refractivity contribution in [3.63, 3.8) is 0 Å². The maximum Gasteiger partial charge on any atom is 0.425 e. The maximum atomic E-state index is 13.7. The molecule has 3 heterocycles. The molecule has 1 aromatic heterocycles. The van der Waals surface area contributed by atoms with Gasteiger partial charge >= 0.3 is 6.18 Å². The van der Waals surface area contributed by atoms with Crippen LogP contribution in [0.1, 0.15) is 12.0 Å². The predicted molar refractivity (Wildman–Crippen MR) is 87.4 cm³/mol. The molecule has 144 valence electrons. The first-order valence-electron chi connectivity index (χ1n) is 8.03. The van der Waals surface area contributed by atoms with E-state index in [1.165, 1.54) is 19.4 Å². The number of ether oxygens (including phenoxy) is 2. The molecule has 8 nitrogen and oxygen atoms in total. The average Bonchev–Trinajstić information content (AvgIpc) is 2.61. The smallest absolute Gasteiger partial charge is 0.425 e. The lowest BCUT2D eigenvalue weighted by Crippen LogP contribution is -2.75. The topological polar surface area (TPSA) is 111 Å². The Morgan fingerprint density at radius 3 is 2.50 bits per heavy atom. The van der Waals surface area contributed by atoms with E-state index in [9.17, 15) is 13.2 Å². The molecule has 2 aliphatic heterocycles. The molecule has 3 rings (SSSR count). The van der Waals surface area contributed by atoms with Crippen molar-refractivity contribution in [1.82, 2.24) is 15.2 Å². The number of aliphatic imine (C=N–C) groups is 1. The fourth-order valence-corrected chi connectivity index (χ4v) is 3.01. The number of nitrogens with two attached hydrogens (primary N) is 2. The van der Waals surface area contributed by atoms with Gasteiger partial charge in [0, 0.05) is 37.3 Å². The Morgan fingerprint density at radius 1 is 1.27 bits per heavy atom. The summed E-state index contributed by atoms with van der Waals surface area (Å²) in [7, 11) is 1.44. The van der Waals surface area contributed by atoms with Gasteiger partial charge in [-0.15, -0.1) is 0 Å². The molecule has 11 heteroatoms. The predicted octanol–water partition coefficient (Wildman–Crippen LogP) is -0.00790. The van der Waals surface area contributed by atoms with Gasteiger partial charge in [-0.3, -0.25) is 10.6 Å². The van der Waals surface area contributed by atoms with Crippen LogP contribution in [-0.4, -0.2) is 66.8 Å². The molecule has 0 saturated carbocycles. The van der Waals surface area contributed by atoms with E-state index in [0.29, 0.717) is 37.7 Å². The standard InChI is InChI=1S/C15H21F3N6O2/c1-25-11-3-2-10(8-21-11)12-22-13(19,15(16,17)18)9-14(20,23-12)24-4-6-26-7-5-24/h2-3,8H,4-7,9,19-20H2,1H3,(H,22,23). The van der Waals surface area contributed by atoms with Crippen molar-refractivity contribution >= 4 is 5.84 Å². The second-order valence-electron chi connectivity index (χ2n) is 6.30. The second-order valence-corrected chi connectivity index (χ2v) is 6.30. The third kappa shape index (κ3) is 3.47. The summed E-state index contributed by atoms with van der Waals surface area (Å²) in [5, 5.41) is 2.30. The van der Waals surface area contributed by atoms with Gasteiger partial charge in [-0.05, 0) is 6.07 Å². The highest BCUT2D eigenvalue weighted by Crippen LogP contribution is 2.37. The number of hydrogen-bond acceptors (Lipinski definition) is 8. The minimum absolute atomic E-state index is 0.0692. The summed E-state index contributed by atoms with van der Waals surface area (Å²) in [6.45, 7) is 1.46. The van der Waals surface area contributed by atoms with Crippen LogP contribution in [0, 0.1) is 0 Å². The molecule has 5 N–H and O–H groups in total. The van der Waals surface area contributed by atoms with Crippen molar-refractivity contribution in [2.45, 2.75) is 24.0 Å². The van der Waals surface area contributed by atoms with Gasteiger partial charge in [0.05, 0.1) is 20.3 Å². The summed E-state index contributed by atoms with van der Waals surface area (Å²) in [6.07, 6.45) is -4.01. The lowest BCUT2D eigenvalue weighted by atomic mass is 9.96. The second kappa shape index (κ2) is 6.65. The summed E-state index contributed by atoms with van der Waals surface area (Å²) in [4.78, 5) is 10.0. The van der Waals surface area contributed by atoms with Gasteiger partial charge in [0.2, 0.25) is 5.88 Å². The Balaban J connectivity index is 2.02. The quantitative estimate of drug-likeness (QED) is 0.682. The van der Waals surface area contributed by atoms with Crippen molar-refractivity contribution in [2.75, 3.05) is 33.4 Å². The Bertz CT molecular complexity index is 677. The monoisotopic (exact) mass is 374 g/mol. The molecule has 2 atom stereocenters. The molecule has 0 aromatic carbocycles. The lowest BCUT2D eigenvalue weighted by molar-refractivity contribution is -0.205. The third-order valence-corrected chi connectivity index (χ3v) is 4.47. The van der Waals surface area contributed by atoms with Crippen molar-refractivity contribution in [3.8, 4) is 5.88 Å². The highest BCUT2D eigenvalue weighted by molar-refractivity contribution is 5.99. The SMILES string of the molecule is COc1ccc(C2=NC(N)(N3CCOCC3)CC(N)(C(F)(F)F)N2)cn1. The summed E-state index contributed by atoms with van der Waals surface area (Å²) >= 11 is 0. The van der Waals surface area contributed by atoms with Crippen LogP contribution < -0.4 is 21.5 Å². The Morgan fingerprint density at radius 2 is 1.96 bits per heavy atom. The highest BCUT2D eigenvalue weighted by atomic mass is 19.4. The van der Waals surface area contributed by atoms with E-state index < -0.39 is 24.0 Å². The minimum atomic E-state index is -4.73. The minimum Gasteiger partial charge on any atom is -0.481 e. The lowest BCUT2D eigenvalue weighted by Gasteiger charge is -2.48. The number of nitrogens with zero attached hydrogens (tertiary/aromatic N) is 3. The van der Waals surface area contributed by atoms with Gasteiger partial charge in [-0.1, -0.05) is 0 Å². The molecule has 0 bridgehead atoms. The van der Waals surface area contributed by atoms with Crippen LogP contribution in [-0.2, 0) is 4.74 Å². The van der Waals surface area contributed by atoms with Crippen molar-refractivity contribution in [1.29, 1.82) is 0 Å². The number of pyridine rings is 1. The molecule has 0 spiro atoms. The Kier molecular flexibility index (Phi) is 4.82. The zero-order chi connectivity index (χ0) is 19.0. The molecule has 1 aromatic rings. The van der Waals surface area contributed by atoms with Crippen LogP contribution in [0.3, 0.4) is 0 Å². The molecule has 0 radical (unpaired) electrons. The van der Waals surface area contributed by atoms with Crippen molar-refractivity contribution < 1.29 is 22.6 Å². The zero-order valence-corrected chi connectivity index (χ0v) is 14.2. The first kappa shape index (κ1) is 18.8. The van der Waals surface area contributed by atoms with Crippen molar-refractivity contribution in [2.24, 2.45) is 16.5 Å². The van der Waals surface area contributed by atoms with Crippen LogP contribution in [0.4, 0.5) is 13.2 Å². The Labute approximate surface area is 148 Å². The van der Waals surface area contributed by atoms with Crippen LogP contribution in [0.15, 0.2) is 23.3 Å². The summed E-state index contributed by atoms with van der Waals surface area (Å²) < 4.78 is 51.2. The number of hydrogen-bond donors (Lipinski definition) is 3. The summed E-state index contributed by atoms with van der Waals surface area (Å²) in [5.41, 5.74) is 9.61. The van der Waals surface area contributed by atoms with Crippen LogP contribution in [0.5, 0.6) is 5.88 Å². The number of nitrogens with one attached hydrogen (secondary N) is 1. The zero-order valence-electron chi connectivity index (χ0n) is 14.2. The number of amidine groups is 1. The van der Waals surface area contributed by atoms with Gasteiger partial charge in [0.25, 0.3) is 0 Å². The number of rotatable bonds is 3. The largest absolute Gasteiger partial charge is 0.481 e. The first-order chi connectivity index (χ1) is 12.2. The fraction of sp³-hybridized carbons (Fsp3) is 0.600. The van der Waals surface area contributed by atoms with Crippen LogP contribution in [0.25, 0.3) is 0 Å². The summed E-state index contributed by atoms with van der Waals surface area (Å²) in [5.74, 6) is -1.36. The third-order valence-electron chi connectivity index (χ3n) is 4.47. The molecule has 1 fully saturated rings. The molecule has 0 aliphatic carbocycles. The molecule has 26 heavy (non-hydrogen) atoms. The molecule has 2 aliphatic rings. The number of morpholine rings is 1. The van der Waals surface area contributed by atoms with Crippen LogP contribution in [0.2, 0.25) is 0 Å². The van der Waals surface area contributed by atoms with Gasteiger partial charge in [-0.2, -0.15) is 13.2 Å². The highest BCUT2D eigenvalue weighted by Gasteiger charge is 2.59. The molecular weight excluding hydrogens is 353 g/mol. The van der Waals surface area contributed by atoms with E-state index in [-0.39, 0.29) is 5.84 Å². The molecular formula is C15H21F3N6O2. The molecule has 0 amide bonds. The first-order valence-corrected chi connectivity index (χ1v) is 8.03. The van der Waals surface area contributed by atoms with Gasteiger partial charge in [-0.25, -0.2) is 9.98 Å². The van der Waals surface area contributed by atoms with E-state index in [1.54, 1.807) is 11.0 Å². The van der Waals surface area contributed by atoms with E-state index in [4.69, 9.17) is 20.9 Å². The van der Waals surface area contributed by atoms with Crippen LogP contribution >= 0.6 is 0 Å². The van der Waals surface area contributed by atoms with E-state index in [2.05, 4.69) is 15.3 Å². The van der Waals surface area contributed by atoms with Gasteiger partial charge in [0.1, 0.15) is 5.84 Å². The fourth-order valence-electron chi connectivity index (χ4n) is 3.01. The van der Waals surface area contributed by atoms with Crippen molar-refractivity contribution in [3.05, 3.63) is 23.9 Å². The van der Waals surface area contributed by atoms with E-state index >= 15 is 0 Å². The van der Waals surface area contributed by atoms with Gasteiger partial charge in [0.15, 0.2) is 11.4 Å². The summed E-state index contributed by atoms with van der Waals surface area (Å²) in [6, 6.07) is 3.06. The van der Waals surface area contributed by atoms with Gasteiger partial charge < -0.3 is 20.5 Å². The number of methoxy groups -OCH3 is 1. The Hall–Kier alpha value is -1.95.